The van der Waals surface area contributed by atoms with Crippen LogP contribution in [0.4, 0.5) is 0 Å². The molecule has 0 radical (unpaired) electrons. The van der Waals surface area contributed by atoms with Gasteiger partial charge in [-0.15, -0.1) is 0 Å². The van der Waals surface area contributed by atoms with E-state index in [9.17, 15) is 9.90 Å². The van der Waals surface area contributed by atoms with Crippen LogP contribution in [-0.2, 0) is 0 Å². The number of pyridine rings is 1. The van der Waals surface area contributed by atoms with E-state index in [1.54, 1.807) is 23.1 Å². The summed E-state index contributed by atoms with van der Waals surface area (Å²) in [4.78, 5) is 24.5. The molecule has 8 nitrogen and oxygen atoms in total. The van der Waals surface area contributed by atoms with Crippen molar-refractivity contribution in [1.29, 1.82) is 0 Å². The zero-order valence-electron chi connectivity index (χ0n) is 21.9. The number of fused-ring (bicyclic) bond motifs is 1. The number of aromatic carboxylic acids is 1. The van der Waals surface area contributed by atoms with Gasteiger partial charge in [0.15, 0.2) is 5.82 Å². The van der Waals surface area contributed by atoms with Crippen LogP contribution < -0.4 is 4.74 Å². The number of carboxylic acid groups (broad SMARTS) is 1. The van der Waals surface area contributed by atoms with E-state index in [-0.39, 0.29) is 11.7 Å². The van der Waals surface area contributed by atoms with Crippen molar-refractivity contribution in [2.24, 2.45) is 0 Å². The zero-order valence-corrected chi connectivity index (χ0v) is 21.9. The molecule has 0 atom stereocenters. The summed E-state index contributed by atoms with van der Waals surface area (Å²) in [6.07, 6.45) is 4.79. The smallest absolute Gasteiger partial charge is 0.337 e. The molecule has 0 unspecified atom stereocenters. The molecule has 8 heteroatoms. The van der Waals surface area contributed by atoms with E-state index in [4.69, 9.17) is 9.84 Å². The van der Waals surface area contributed by atoms with Gasteiger partial charge in [0.1, 0.15) is 5.75 Å². The number of hydrogen-bond acceptors (Lipinski definition) is 6. The molecule has 40 heavy (non-hydrogen) atoms. The van der Waals surface area contributed by atoms with E-state index < -0.39 is 5.97 Å². The highest BCUT2D eigenvalue weighted by Gasteiger charge is 2.16. The number of carboxylic acids is 1. The van der Waals surface area contributed by atoms with Crippen LogP contribution in [0.3, 0.4) is 0 Å². The molecule has 0 saturated heterocycles. The van der Waals surface area contributed by atoms with Crippen molar-refractivity contribution in [1.82, 2.24) is 24.7 Å². The van der Waals surface area contributed by atoms with Crippen molar-refractivity contribution < 1.29 is 14.6 Å². The van der Waals surface area contributed by atoms with Crippen LogP contribution in [0.1, 0.15) is 24.2 Å². The Bertz CT molecular complexity index is 1810. The van der Waals surface area contributed by atoms with Crippen molar-refractivity contribution in [2.45, 2.75) is 20.0 Å². The fraction of sp³-hybridized carbons (Fsp3) is 0.0938. The second-order valence-corrected chi connectivity index (χ2v) is 9.57. The van der Waals surface area contributed by atoms with Crippen LogP contribution >= 0.6 is 0 Å². The SMILES string of the molecule is CC(C)Oc1ccc(-c2ccc(-c3cc(-c4ccc5nccnc5c4)nn3-c3ccc(C(=O)O)cn3)cc2)cc1. The van der Waals surface area contributed by atoms with E-state index in [0.717, 1.165) is 50.4 Å². The summed E-state index contributed by atoms with van der Waals surface area (Å²) in [6, 6.07) is 27.3. The van der Waals surface area contributed by atoms with Crippen molar-refractivity contribution in [3.63, 3.8) is 0 Å². The number of rotatable bonds is 7. The number of nitrogens with zero attached hydrogens (tertiary/aromatic N) is 5. The maximum absolute atomic E-state index is 11.4. The van der Waals surface area contributed by atoms with Crippen LogP contribution in [-0.4, -0.2) is 41.9 Å². The molecule has 3 aromatic carbocycles. The Morgan fingerprint density at radius 3 is 2.05 bits per heavy atom. The van der Waals surface area contributed by atoms with Crippen LogP contribution in [0, 0.1) is 0 Å². The van der Waals surface area contributed by atoms with E-state index in [2.05, 4.69) is 27.1 Å². The average molecular weight is 528 g/mol. The number of aromatic nitrogens is 5. The van der Waals surface area contributed by atoms with E-state index >= 15 is 0 Å². The average Bonchev–Trinajstić information content (AvgIpc) is 3.43. The van der Waals surface area contributed by atoms with Gasteiger partial charge in [0.2, 0.25) is 0 Å². The largest absolute Gasteiger partial charge is 0.491 e. The van der Waals surface area contributed by atoms with Crippen LogP contribution in [0.2, 0.25) is 0 Å². The Labute approximate surface area is 230 Å². The van der Waals surface area contributed by atoms with Crippen molar-refractivity contribution in [2.75, 3.05) is 0 Å². The topological polar surface area (TPSA) is 103 Å². The monoisotopic (exact) mass is 527 g/mol. The summed E-state index contributed by atoms with van der Waals surface area (Å²) in [5, 5.41) is 14.2. The lowest BCUT2D eigenvalue weighted by molar-refractivity contribution is 0.0696. The molecule has 3 heterocycles. The molecule has 0 amide bonds. The lowest BCUT2D eigenvalue weighted by atomic mass is 10.0. The lowest BCUT2D eigenvalue weighted by Gasteiger charge is -2.11. The molecular weight excluding hydrogens is 502 g/mol. The highest BCUT2D eigenvalue weighted by atomic mass is 16.5. The van der Waals surface area contributed by atoms with Crippen LogP contribution in [0.5, 0.6) is 5.75 Å². The Balaban J connectivity index is 1.39. The molecule has 0 saturated carbocycles. The Hall–Kier alpha value is -5.37. The van der Waals surface area contributed by atoms with Gasteiger partial charge in [0.05, 0.1) is 34.1 Å². The minimum absolute atomic E-state index is 0.111. The van der Waals surface area contributed by atoms with E-state index in [1.165, 1.54) is 12.3 Å². The molecule has 0 aliphatic carbocycles. The Morgan fingerprint density at radius 1 is 0.750 bits per heavy atom. The highest BCUT2D eigenvalue weighted by molar-refractivity contribution is 5.87. The molecule has 6 aromatic rings. The first-order chi connectivity index (χ1) is 19.4. The van der Waals surface area contributed by atoms with Gasteiger partial charge in [-0.1, -0.05) is 42.5 Å². The minimum Gasteiger partial charge on any atom is -0.491 e. The number of ether oxygens (including phenoxy) is 1. The summed E-state index contributed by atoms with van der Waals surface area (Å²) in [7, 11) is 0. The van der Waals surface area contributed by atoms with Crippen molar-refractivity contribution in [3.8, 4) is 45.2 Å². The maximum atomic E-state index is 11.4. The first-order valence-electron chi connectivity index (χ1n) is 12.8. The zero-order chi connectivity index (χ0) is 27.6. The first kappa shape index (κ1) is 24.9. The summed E-state index contributed by atoms with van der Waals surface area (Å²) >= 11 is 0. The predicted octanol–water partition coefficient (Wildman–Crippen LogP) is 6.70. The number of hydrogen-bond donors (Lipinski definition) is 1. The van der Waals surface area contributed by atoms with E-state index in [0.29, 0.717) is 5.82 Å². The quantitative estimate of drug-likeness (QED) is 0.246. The van der Waals surface area contributed by atoms with Crippen LogP contribution in [0.15, 0.2) is 104 Å². The Kier molecular flexibility index (Phi) is 6.49. The molecule has 0 spiro atoms. The van der Waals surface area contributed by atoms with E-state index in [1.807, 2.05) is 74.5 Å². The summed E-state index contributed by atoms with van der Waals surface area (Å²) in [6.45, 7) is 4.01. The third-order valence-corrected chi connectivity index (χ3v) is 6.43. The third kappa shape index (κ3) is 5.02. The van der Waals surface area contributed by atoms with Crippen LogP contribution in [0.25, 0.3) is 50.5 Å². The fourth-order valence-electron chi connectivity index (χ4n) is 4.49. The highest BCUT2D eigenvalue weighted by Crippen LogP contribution is 2.31. The third-order valence-electron chi connectivity index (χ3n) is 6.43. The summed E-state index contributed by atoms with van der Waals surface area (Å²) in [5.74, 6) is 0.321. The predicted molar refractivity (Wildman–Crippen MR) is 153 cm³/mol. The standard InChI is InChI=1S/C32H25N5O3/c1-20(2)40-26-11-7-22(8-12-26)21-3-5-23(6-4-21)30-18-28(24-9-13-27-29(17-24)34-16-15-33-27)36-37(30)31-14-10-25(19-35-31)32(38)39/h3-20H,1-2H3,(H,38,39). The van der Waals surface area contributed by atoms with Gasteiger partial charge >= 0.3 is 5.97 Å². The van der Waals surface area contributed by atoms with Gasteiger partial charge in [-0.25, -0.2) is 14.5 Å². The molecule has 0 fully saturated rings. The van der Waals surface area contributed by atoms with Gasteiger partial charge in [0.25, 0.3) is 0 Å². The maximum Gasteiger partial charge on any atom is 0.337 e. The second kappa shape index (κ2) is 10.4. The fourth-order valence-corrected chi connectivity index (χ4v) is 4.49. The molecular formula is C32H25N5O3. The minimum atomic E-state index is -1.03. The van der Waals surface area contributed by atoms with Gasteiger partial charge in [-0.2, -0.15) is 5.10 Å². The molecule has 6 rings (SSSR count). The first-order valence-corrected chi connectivity index (χ1v) is 12.8. The molecule has 1 N–H and O–H groups in total. The number of carbonyl (C=O) groups is 1. The van der Waals surface area contributed by atoms with Gasteiger partial charge in [-0.3, -0.25) is 9.97 Å². The second-order valence-electron chi connectivity index (χ2n) is 9.57. The molecule has 0 aliphatic heterocycles. The van der Waals surface area contributed by atoms with Gasteiger partial charge in [-0.05, 0) is 67.4 Å². The normalized spacial score (nSPS) is 11.2. The van der Waals surface area contributed by atoms with Crippen molar-refractivity contribution >= 4 is 17.0 Å². The lowest BCUT2D eigenvalue weighted by Crippen LogP contribution is -2.05. The molecule has 3 aromatic heterocycles. The number of benzene rings is 3. The van der Waals surface area contributed by atoms with Gasteiger partial charge < -0.3 is 9.84 Å². The Morgan fingerprint density at radius 2 is 1.40 bits per heavy atom. The summed E-state index contributed by atoms with van der Waals surface area (Å²) < 4.78 is 7.50. The van der Waals surface area contributed by atoms with Gasteiger partial charge in [0, 0.05) is 29.7 Å². The molecule has 0 bridgehead atoms. The molecule has 0 aliphatic rings. The summed E-state index contributed by atoms with van der Waals surface area (Å²) in [5.41, 5.74) is 7.21. The van der Waals surface area contributed by atoms with Crippen molar-refractivity contribution in [3.05, 3.63) is 109 Å². The molecule has 196 valence electrons.